The van der Waals surface area contributed by atoms with Crippen LogP contribution in [0.1, 0.15) is 78.7 Å². The third-order valence-electron chi connectivity index (χ3n) is 6.82. The van der Waals surface area contributed by atoms with Gasteiger partial charge in [0.25, 0.3) is 5.69 Å². The molecule has 4 aromatic rings. The molecule has 0 fully saturated rings. The molecular weight excluding hydrogens is 464 g/mol. The number of carbonyl (C=O) groups excluding carboxylic acids is 2. The lowest BCUT2D eigenvalue weighted by atomic mass is 10.0. The first-order chi connectivity index (χ1) is 17.9. The van der Waals surface area contributed by atoms with Gasteiger partial charge < -0.3 is 4.57 Å². The third kappa shape index (κ3) is 6.02. The van der Waals surface area contributed by atoms with E-state index >= 15 is 0 Å². The van der Waals surface area contributed by atoms with Crippen LogP contribution in [0, 0.1) is 10.1 Å². The number of non-ortho nitro benzene ring substituents is 1. The number of hydrogen-bond donors (Lipinski definition) is 0. The first-order valence-electron chi connectivity index (χ1n) is 12.9. The van der Waals surface area contributed by atoms with Crippen LogP contribution in [0.5, 0.6) is 0 Å². The Hall–Kier alpha value is -4.06. The lowest BCUT2D eigenvalue weighted by molar-refractivity contribution is -0.384. The number of nitro groups is 1. The molecule has 0 aliphatic rings. The van der Waals surface area contributed by atoms with E-state index in [9.17, 15) is 19.7 Å². The quantitative estimate of drug-likeness (QED) is 0.0651. The Morgan fingerprint density at radius 3 is 2.05 bits per heavy atom. The standard InChI is InChI=1S/C31H32N2O4/c1-3-4-5-6-7-8-19-32-29-16-12-24(22(2)34)20-27(29)28-21-25(13-17-30(28)32)31(35)18-11-23-9-14-26(15-10-23)33(36)37/h9-18,20-21H,3-8,19H2,1-2H3/b18-11+. The van der Waals surface area contributed by atoms with Crippen molar-refractivity contribution in [2.75, 3.05) is 0 Å². The number of aromatic nitrogens is 1. The summed E-state index contributed by atoms with van der Waals surface area (Å²) in [4.78, 5) is 35.5. The van der Waals surface area contributed by atoms with Crippen LogP contribution in [0.15, 0.2) is 66.7 Å². The normalized spacial score (nSPS) is 11.5. The van der Waals surface area contributed by atoms with Crippen molar-refractivity contribution < 1.29 is 14.5 Å². The minimum Gasteiger partial charge on any atom is -0.340 e. The Bertz CT molecular complexity index is 1480. The number of ketones is 2. The summed E-state index contributed by atoms with van der Waals surface area (Å²) in [5.74, 6) is -0.142. The zero-order valence-corrected chi connectivity index (χ0v) is 21.4. The first-order valence-corrected chi connectivity index (χ1v) is 12.9. The van der Waals surface area contributed by atoms with E-state index in [1.54, 1.807) is 25.1 Å². The number of allylic oxidation sites excluding steroid dienone is 1. The number of hydrogen-bond acceptors (Lipinski definition) is 4. The molecule has 0 atom stereocenters. The largest absolute Gasteiger partial charge is 0.340 e. The fourth-order valence-electron chi connectivity index (χ4n) is 4.74. The monoisotopic (exact) mass is 496 g/mol. The highest BCUT2D eigenvalue weighted by atomic mass is 16.6. The van der Waals surface area contributed by atoms with Gasteiger partial charge in [-0.25, -0.2) is 0 Å². The van der Waals surface area contributed by atoms with Crippen LogP contribution in [-0.4, -0.2) is 21.1 Å². The maximum absolute atomic E-state index is 13.0. The SMILES string of the molecule is CCCCCCCCn1c2ccc(C(C)=O)cc2c2cc(C(=O)/C=C/c3ccc([N+](=O)[O-])cc3)ccc21. The minimum atomic E-state index is -0.450. The fraction of sp³-hybridized carbons (Fsp3) is 0.290. The van der Waals surface area contributed by atoms with Crippen LogP contribution in [0.2, 0.25) is 0 Å². The van der Waals surface area contributed by atoms with Crippen LogP contribution in [0.3, 0.4) is 0 Å². The average Bonchev–Trinajstić information content (AvgIpc) is 3.21. The molecule has 37 heavy (non-hydrogen) atoms. The van der Waals surface area contributed by atoms with Crippen molar-refractivity contribution in [3.63, 3.8) is 0 Å². The molecule has 6 heteroatoms. The van der Waals surface area contributed by atoms with Gasteiger partial charge in [-0.1, -0.05) is 45.1 Å². The Kier molecular flexibility index (Phi) is 8.29. The molecule has 0 saturated carbocycles. The summed E-state index contributed by atoms with van der Waals surface area (Å²) in [5.41, 5.74) is 4.05. The van der Waals surface area contributed by atoms with E-state index in [2.05, 4.69) is 11.5 Å². The van der Waals surface area contributed by atoms with Gasteiger partial charge in [-0.2, -0.15) is 0 Å². The van der Waals surface area contributed by atoms with Gasteiger partial charge in [0, 0.05) is 51.6 Å². The van der Waals surface area contributed by atoms with Crippen molar-refractivity contribution in [3.05, 3.63) is 93.5 Å². The predicted octanol–water partition coefficient (Wildman–Crippen LogP) is 8.16. The molecule has 0 aliphatic heterocycles. The van der Waals surface area contributed by atoms with Crippen molar-refractivity contribution in [3.8, 4) is 0 Å². The number of Topliss-reactive ketones (excluding diaryl/α,β-unsaturated/α-hetero) is 1. The van der Waals surface area contributed by atoms with Crippen LogP contribution < -0.4 is 0 Å². The van der Waals surface area contributed by atoms with Crippen LogP contribution in [0.25, 0.3) is 27.9 Å². The Labute approximate surface area is 216 Å². The molecule has 3 aromatic carbocycles. The summed E-state index contributed by atoms with van der Waals surface area (Å²) in [6, 6.07) is 17.6. The van der Waals surface area contributed by atoms with E-state index in [0.717, 1.165) is 34.8 Å². The van der Waals surface area contributed by atoms with Crippen LogP contribution in [-0.2, 0) is 6.54 Å². The van der Waals surface area contributed by atoms with E-state index in [0.29, 0.717) is 16.7 Å². The number of carbonyl (C=O) groups is 2. The Morgan fingerprint density at radius 2 is 1.43 bits per heavy atom. The van der Waals surface area contributed by atoms with Crippen molar-refractivity contribution in [1.82, 2.24) is 4.57 Å². The van der Waals surface area contributed by atoms with E-state index < -0.39 is 4.92 Å². The van der Waals surface area contributed by atoms with Gasteiger partial charge in [0.2, 0.25) is 0 Å². The summed E-state index contributed by atoms with van der Waals surface area (Å²) in [7, 11) is 0. The number of aryl methyl sites for hydroxylation is 1. The highest BCUT2D eigenvalue weighted by molar-refractivity contribution is 6.14. The summed E-state index contributed by atoms with van der Waals surface area (Å²) in [5, 5.41) is 12.8. The molecule has 0 unspecified atom stereocenters. The minimum absolute atomic E-state index is 0.0104. The maximum Gasteiger partial charge on any atom is 0.269 e. The second kappa shape index (κ2) is 11.8. The molecular formula is C31H32N2O4. The summed E-state index contributed by atoms with van der Waals surface area (Å²) < 4.78 is 2.30. The molecule has 0 amide bonds. The van der Waals surface area contributed by atoms with Crippen molar-refractivity contribution in [2.45, 2.75) is 58.9 Å². The smallest absolute Gasteiger partial charge is 0.269 e. The van der Waals surface area contributed by atoms with Gasteiger partial charge in [0.05, 0.1) is 4.92 Å². The zero-order valence-electron chi connectivity index (χ0n) is 21.4. The number of rotatable bonds is 12. The highest BCUT2D eigenvalue weighted by Gasteiger charge is 2.14. The molecule has 0 radical (unpaired) electrons. The van der Waals surface area contributed by atoms with E-state index in [-0.39, 0.29) is 17.3 Å². The molecule has 0 N–H and O–H groups in total. The van der Waals surface area contributed by atoms with Gasteiger partial charge >= 0.3 is 0 Å². The number of fused-ring (bicyclic) bond motifs is 3. The van der Waals surface area contributed by atoms with E-state index in [1.807, 2.05) is 36.4 Å². The van der Waals surface area contributed by atoms with Gasteiger partial charge in [-0.05, 0) is 73.5 Å². The van der Waals surface area contributed by atoms with Crippen molar-refractivity contribution in [1.29, 1.82) is 0 Å². The Balaban J connectivity index is 1.64. The second-order valence-corrected chi connectivity index (χ2v) is 9.49. The number of nitrogens with zero attached hydrogens (tertiary/aromatic N) is 2. The molecule has 0 spiro atoms. The maximum atomic E-state index is 13.0. The summed E-state index contributed by atoms with van der Waals surface area (Å²) in [6.45, 7) is 4.67. The van der Waals surface area contributed by atoms with Gasteiger partial charge in [0.15, 0.2) is 11.6 Å². The van der Waals surface area contributed by atoms with Gasteiger partial charge in [-0.15, -0.1) is 0 Å². The van der Waals surface area contributed by atoms with Gasteiger partial charge in [-0.3, -0.25) is 19.7 Å². The van der Waals surface area contributed by atoms with Gasteiger partial charge in [0.1, 0.15) is 0 Å². The molecule has 6 nitrogen and oxygen atoms in total. The molecule has 4 rings (SSSR count). The number of nitro benzene ring substituents is 1. The molecule has 1 aromatic heterocycles. The molecule has 190 valence electrons. The second-order valence-electron chi connectivity index (χ2n) is 9.49. The molecule has 0 aliphatic carbocycles. The van der Waals surface area contributed by atoms with E-state index in [4.69, 9.17) is 0 Å². The fourth-order valence-corrected chi connectivity index (χ4v) is 4.74. The Morgan fingerprint density at radius 1 is 0.838 bits per heavy atom. The molecule has 1 heterocycles. The van der Waals surface area contributed by atoms with Crippen LogP contribution >= 0.6 is 0 Å². The summed E-state index contributed by atoms with van der Waals surface area (Å²) >= 11 is 0. The number of benzene rings is 3. The highest BCUT2D eigenvalue weighted by Crippen LogP contribution is 2.32. The first kappa shape index (κ1) is 26.0. The zero-order chi connectivity index (χ0) is 26.4. The van der Waals surface area contributed by atoms with Crippen LogP contribution in [0.4, 0.5) is 5.69 Å². The lowest BCUT2D eigenvalue weighted by Crippen LogP contribution is -1.99. The van der Waals surface area contributed by atoms with Crippen molar-refractivity contribution >= 4 is 45.1 Å². The molecule has 0 bridgehead atoms. The third-order valence-corrected chi connectivity index (χ3v) is 6.82. The predicted molar refractivity (Wildman–Crippen MR) is 149 cm³/mol. The summed E-state index contributed by atoms with van der Waals surface area (Å²) in [6.07, 6.45) is 10.4. The average molecular weight is 497 g/mol. The number of unbranched alkanes of at least 4 members (excludes halogenated alkanes) is 5. The lowest BCUT2D eigenvalue weighted by Gasteiger charge is -2.08. The van der Waals surface area contributed by atoms with E-state index in [1.165, 1.54) is 50.3 Å². The van der Waals surface area contributed by atoms with Crippen molar-refractivity contribution in [2.24, 2.45) is 0 Å². The topological polar surface area (TPSA) is 82.2 Å². The molecule has 0 saturated heterocycles.